The summed E-state index contributed by atoms with van der Waals surface area (Å²) < 4.78 is 26.8. The van der Waals surface area contributed by atoms with Crippen LogP contribution in [0, 0.1) is 5.92 Å². The fourth-order valence-electron chi connectivity index (χ4n) is 4.88. The normalized spacial score (nSPS) is 20.3. The smallest absolute Gasteiger partial charge is 0.243 e. The molecule has 3 rings (SSSR count). The number of hydrogen-bond acceptors (Lipinski definition) is 4. The molecule has 31 heavy (non-hydrogen) atoms. The molecule has 0 aromatic heterocycles. The Morgan fingerprint density at radius 2 is 1.68 bits per heavy atom. The first-order valence-corrected chi connectivity index (χ1v) is 12.9. The molecule has 1 aliphatic carbocycles. The maximum atomic E-state index is 13.3. The molecule has 1 atom stereocenters. The van der Waals surface area contributed by atoms with E-state index >= 15 is 0 Å². The van der Waals surface area contributed by atoms with Crippen molar-refractivity contribution in [2.75, 3.05) is 24.5 Å². The molecule has 1 saturated carbocycles. The Morgan fingerprint density at radius 3 is 2.19 bits per heavy atom. The van der Waals surface area contributed by atoms with Crippen LogP contribution in [0.1, 0.15) is 59.8 Å². The van der Waals surface area contributed by atoms with Gasteiger partial charge >= 0.3 is 0 Å². The first-order valence-electron chi connectivity index (χ1n) is 11.4. The van der Waals surface area contributed by atoms with Crippen LogP contribution < -0.4 is 4.90 Å². The Morgan fingerprint density at radius 1 is 1.10 bits per heavy atom. The summed E-state index contributed by atoms with van der Waals surface area (Å²) >= 11 is 0. The molecular weight excluding hydrogens is 414 g/mol. The molecule has 1 saturated heterocycles. The minimum atomic E-state index is -3.54. The number of amides is 2. The van der Waals surface area contributed by atoms with Gasteiger partial charge in [-0.15, -0.1) is 0 Å². The van der Waals surface area contributed by atoms with E-state index in [1.165, 1.54) is 4.31 Å². The zero-order chi connectivity index (χ0) is 22.8. The van der Waals surface area contributed by atoms with Gasteiger partial charge in [-0.1, -0.05) is 26.7 Å². The first-order chi connectivity index (χ1) is 14.7. The summed E-state index contributed by atoms with van der Waals surface area (Å²) in [6.45, 7) is 8.85. The van der Waals surface area contributed by atoms with E-state index in [-0.39, 0.29) is 41.1 Å². The van der Waals surface area contributed by atoms with Gasteiger partial charge in [0.05, 0.1) is 10.8 Å². The molecular formula is C23H35N3O4S. The molecule has 2 fully saturated rings. The molecule has 0 spiro atoms. The summed E-state index contributed by atoms with van der Waals surface area (Å²) in [5, 5.41) is 0. The average Bonchev–Trinajstić information content (AvgIpc) is 3.38. The van der Waals surface area contributed by atoms with Crippen molar-refractivity contribution in [2.24, 2.45) is 5.92 Å². The molecule has 1 aliphatic heterocycles. The van der Waals surface area contributed by atoms with Crippen LogP contribution in [0.15, 0.2) is 29.2 Å². The Kier molecular flexibility index (Phi) is 7.42. The first kappa shape index (κ1) is 23.7. The molecule has 2 amide bonds. The molecule has 8 heteroatoms. The van der Waals surface area contributed by atoms with Crippen molar-refractivity contribution in [1.29, 1.82) is 0 Å². The van der Waals surface area contributed by atoms with Crippen molar-refractivity contribution in [3.8, 4) is 0 Å². The second-order valence-electron chi connectivity index (χ2n) is 8.77. The Bertz CT molecular complexity index is 888. The number of sulfonamides is 1. The van der Waals surface area contributed by atoms with Gasteiger partial charge in [0, 0.05) is 43.8 Å². The number of benzene rings is 1. The fraction of sp³-hybridized carbons (Fsp3) is 0.652. The third-order valence-electron chi connectivity index (χ3n) is 6.49. The van der Waals surface area contributed by atoms with E-state index in [4.69, 9.17) is 0 Å². The van der Waals surface area contributed by atoms with Crippen molar-refractivity contribution in [2.45, 2.75) is 76.8 Å². The van der Waals surface area contributed by atoms with E-state index in [9.17, 15) is 18.0 Å². The Labute approximate surface area is 186 Å². The van der Waals surface area contributed by atoms with Crippen LogP contribution in [0.2, 0.25) is 0 Å². The average molecular weight is 450 g/mol. The lowest BCUT2D eigenvalue weighted by atomic mass is 10.0. The summed E-state index contributed by atoms with van der Waals surface area (Å²) in [5.74, 6) is -0.374. The molecule has 1 unspecified atom stereocenters. The third-order valence-corrected chi connectivity index (χ3v) is 8.56. The van der Waals surface area contributed by atoms with Gasteiger partial charge in [-0.05, 0) is 51.0 Å². The van der Waals surface area contributed by atoms with E-state index in [1.54, 1.807) is 29.2 Å². The molecule has 2 aliphatic rings. The van der Waals surface area contributed by atoms with E-state index in [2.05, 4.69) is 0 Å². The minimum Gasteiger partial charge on any atom is -0.337 e. The zero-order valence-corrected chi connectivity index (χ0v) is 19.9. The molecule has 0 radical (unpaired) electrons. The number of nitrogens with zero attached hydrogens (tertiary/aromatic N) is 3. The predicted octanol–water partition coefficient (Wildman–Crippen LogP) is 3.25. The van der Waals surface area contributed by atoms with Crippen molar-refractivity contribution in [3.63, 3.8) is 0 Å². The van der Waals surface area contributed by atoms with Gasteiger partial charge in [0.2, 0.25) is 21.8 Å². The molecule has 1 aromatic carbocycles. The molecule has 0 N–H and O–H groups in total. The van der Waals surface area contributed by atoms with Crippen LogP contribution in [-0.4, -0.2) is 61.2 Å². The standard InChI is InChI=1S/C23H35N3O4S/c1-5-24(6-2)31(29,30)21-13-11-19(12-14-21)25-16-18(15-22(25)27)23(28)26(17(3)4)20-9-7-8-10-20/h11-14,17-18,20H,5-10,15-16H2,1-4H3. The monoisotopic (exact) mass is 449 g/mol. The van der Waals surface area contributed by atoms with E-state index < -0.39 is 10.0 Å². The SMILES string of the molecule is CCN(CC)S(=O)(=O)c1ccc(N2CC(C(=O)N(C(C)C)C3CCCC3)CC2=O)cc1. The second-order valence-corrected chi connectivity index (χ2v) is 10.7. The summed E-state index contributed by atoms with van der Waals surface area (Å²) in [4.78, 5) is 29.8. The van der Waals surface area contributed by atoms with Gasteiger partial charge < -0.3 is 9.80 Å². The van der Waals surface area contributed by atoms with Crippen LogP contribution in [0.3, 0.4) is 0 Å². The van der Waals surface area contributed by atoms with Gasteiger partial charge in [-0.2, -0.15) is 4.31 Å². The number of carbonyl (C=O) groups is 2. The summed E-state index contributed by atoms with van der Waals surface area (Å²) in [7, 11) is -3.54. The maximum absolute atomic E-state index is 13.3. The maximum Gasteiger partial charge on any atom is 0.243 e. The van der Waals surface area contributed by atoms with Gasteiger partial charge in [0.15, 0.2) is 0 Å². The zero-order valence-electron chi connectivity index (χ0n) is 19.1. The number of carbonyl (C=O) groups excluding carboxylic acids is 2. The minimum absolute atomic E-state index is 0.0680. The molecule has 1 aromatic rings. The molecule has 0 bridgehead atoms. The highest BCUT2D eigenvalue weighted by Crippen LogP contribution is 2.31. The number of anilines is 1. The summed E-state index contributed by atoms with van der Waals surface area (Å²) in [6.07, 6.45) is 4.58. The van der Waals surface area contributed by atoms with Crippen LogP contribution in [0.25, 0.3) is 0 Å². The van der Waals surface area contributed by atoms with Crippen LogP contribution in [-0.2, 0) is 19.6 Å². The molecule has 172 valence electrons. The molecule has 1 heterocycles. The second kappa shape index (κ2) is 9.69. The van der Waals surface area contributed by atoms with Crippen LogP contribution in [0.4, 0.5) is 5.69 Å². The van der Waals surface area contributed by atoms with E-state index in [0.717, 1.165) is 25.7 Å². The molecule has 7 nitrogen and oxygen atoms in total. The lowest BCUT2D eigenvalue weighted by molar-refractivity contribution is -0.140. The number of hydrogen-bond donors (Lipinski definition) is 0. The van der Waals surface area contributed by atoms with Crippen molar-refractivity contribution in [1.82, 2.24) is 9.21 Å². The highest BCUT2D eigenvalue weighted by molar-refractivity contribution is 7.89. The largest absolute Gasteiger partial charge is 0.337 e. The summed E-state index contributed by atoms with van der Waals surface area (Å²) in [6, 6.07) is 6.82. The highest BCUT2D eigenvalue weighted by atomic mass is 32.2. The van der Waals surface area contributed by atoms with Crippen molar-refractivity contribution >= 4 is 27.5 Å². The van der Waals surface area contributed by atoms with Crippen LogP contribution >= 0.6 is 0 Å². The quantitative estimate of drug-likeness (QED) is 0.610. The number of rotatable bonds is 8. The van der Waals surface area contributed by atoms with Crippen LogP contribution in [0.5, 0.6) is 0 Å². The summed E-state index contributed by atoms with van der Waals surface area (Å²) in [5.41, 5.74) is 0.635. The van der Waals surface area contributed by atoms with Gasteiger partial charge in [-0.25, -0.2) is 8.42 Å². The lowest BCUT2D eigenvalue weighted by Crippen LogP contribution is -2.47. The predicted molar refractivity (Wildman–Crippen MR) is 121 cm³/mol. The lowest BCUT2D eigenvalue weighted by Gasteiger charge is -2.34. The van der Waals surface area contributed by atoms with E-state index in [1.807, 2.05) is 32.6 Å². The van der Waals surface area contributed by atoms with Gasteiger partial charge in [0.25, 0.3) is 0 Å². The van der Waals surface area contributed by atoms with Crippen molar-refractivity contribution < 1.29 is 18.0 Å². The van der Waals surface area contributed by atoms with E-state index in [0.29, 0.717) is 25.3 Å². The van der Waals surface area contributed by atoms with Gasteiger partial charge in [-0.3, -0.25) is 9.59 Å². The highest BCUT2D eigenvalue weighted by Gasteiger charge is 2.40. The Hall–Kier alpha value is -1.93. The Balaban J connectivity index is 1.75. The van der Waals surface area contributed by atoms with Crippen molar-refractivity contribution in [3.05, 3.63) is 24.3 Å². The fourth-order valence-corrected chi connectivity index (χ4v) is 6.34. The van der Waals surface area contributed by atoms with Gasteiger partial charge in [0.1, 0.15) is 0 Å². The topological polar surface area (TPSA) is 78.0 Å². The third kappa shape index (κ3) is 4.80.